The Balaban J connectivity index is 2.15. The Labute approximate surface area is 123 Å². The van der Waals surface area contributed by atoms with Gasteiger partial charge in [-0.2, -0.15) is 0 Å². The first-order chi connectivity index (χ1) is 9.41. The van der Waals surface area contributed by atoms with E-state index < -0.39 is 5.97 Å². The predicted molar refractivity (Wildman–Crippen MR) is 77.0 cm³/mol. The third-order valence-corrected chi connectivity index (χ3v) is 4.43. The van der Waals surface area contributed by atoms with Crippen molar-refractivity contribution in [3.05, 3.63) is 34.3 Å². The average molecular weight is 296 g/mol. The molecule has 1 heterocycles. The molecule has 1 fully saturated rings. The molecule has 0 aliphatic carbocycles. The van der Waals surface area contributed by atoms with Gasteiger partial charge in [-0.15, -0.1) is 0 Å². The molecule has 108 valence electrons. The number of hydrogen-bond donors (Lipinski definition) is 1. The Morgan fingerprint density at radius 2 is 2.10 bits per heavy atom. The predicted octanol–water partition coefficient (Wildman–Crippen LogP) is 2.83. The van der Waals surface area contributed by atoms with Gasteiger partial charge in [-0.05, 0) is 30.9 Å². The van der Waals surface area contributed by atoms with E-state index >= 15 is 0 Å². The molecule has 0 saturated carbocycles. The summed E-state index contributed by atoms with van der Waals surface area (Å²) in [6.45, 7) is 4.65. The lowest BCUT2D eigenvalue weighted by Crippen LogP contribution is -2.45. The summed E-state index contributed by atoms with van der Waals surface area (Å²) in [5.41, 5.74) is 1.36. The number of aryl methyl sites for hydroxylation is 1. The molecule has 0 aromatic heterocycles. The second-order valence-electron chi connectivity index (χ2n) is 5.40. The molecule has 1 amide bonds. The van der Waals surface area contributed by atoms with Crippen molar-refractivity contribution in [3.63, 3.8) is 0 Å². The van der Waals surface area contributed by atoms with Crippen molar-refractivity contribution in [1.82, 2.24) is 4.90 Å². The van der Waals surface area contributed by atoms with E-state index in [1.54, 1.807) is 11.0 Å². The first-order valence-corrected chi connectivity index (χ1v) is 7.06. The summed E-state index contributed by atoms with van der Waals surface area (Å²) in [4.78, 5) is 25.3. The topological polar surface area (TPSA) is 57.6 Å². The lowest BCUT2D eigenvalue weighted by molar-refractivity contribution is -0.145. The summed E-state index contributed by atoms with van der Waals surface area (Å²) >= 11 is 6.18. The molecule has 4 nitrogen and oxygen atoms in total. The maximum atomic E-state index is 12.5. The van der Waals surface area contributed by atoms with E-state index in [4.69, 9.17) is 16.7 Å². The van der Waals surface area contributed by atoms with Gasteiger partial charge in [-0.1, -0.05) is 30.7 Å². The van der Waals surface area contributed by atoms with Crippen molar-refractivity contribution < 1.29 is 14.7 Å². The van der Waals surface area contributed by atoms with Gasteiger partial charge in [0.05, 0.1) is 16.5 Å². The van der Waals surface area contributed by atoms with Crippen LogP contribution in [0.2, 0.25) is 5.02 Å². The standard InChI is InChI=1S/C15H18ClNO3/c1-9-4-3-5-12(13(9)16)14(18)17-7-6-11(15(19)20)10(2)8-17/h3-5,10-11H,6-8H2,1-2H3,(H,19,20). The number of piperidine rings is 1. The van der Waals surface area contributed by atoms with E-state index in [1.165, 1.54) is 0 Å². The molecule has 2 unspecified atom stereocenters. The normalized spacial score (nSPS) is 22.6. The fraction of sp³-hybridized carbons (Fsp3) is 0.467. The van der Waals surface area contributed by atoms with Gasteiger partial charge in [-0.25, -0.2) is 0 Å². The zero-order valence-corrected chi connectivity index (χ0v) is 12.4. The zero-order valence-electron chi connectivity index (χ0n) is 11.6. The lowest BCUT2D eigenvalue weighted by atomic mass is 9.87. The van der Waals surface area contributed by atoms with Crippen LogP contribution in [0.5, 0.6) is 0 Å². The second kappa shape index (κ2) is 5.83. The van der Waals surface area contributed by atoms with Crippen LogP contribution >= 0.6 is 11.6 Å². The Bertz CT molecular complexity index is 544. The van der Waals surface area contributed by atoms with Gasteiger partial charge in [0.1, 0.15) is 0 Å². The summed E-state index contributed by atoms with van der Waals surface area (Å²) < 4.78 is 0. The molecule has 0 spiro atoms. The van der Waals surface area contributed by atoms with Crippen LogP contribution in [0.1, 0.15) is 29.3 Å². The Kier molecular flexibility index (Phi) is 4.33. The first kappa shape index (κ1) is 14.9. The number of aliphatic carboxylic acids is 1. The van der Waals surface area contributed by atoms with Gasteiger partial charge in [-0.3, -0.25) is 9.59 Å². The largest absolute Gasteiger partial charge is 0.481 e. The second-order valence-corrected chi connectivity index (χ2v) is 5.78. The van der Waals surface area contributed by atoms with Crippen LogP contribution in [0.4, 0.5) is 0 Å². The minimum Gasteiger partial charge on any atom is -0.481 e. The van der Waals surface area contributed by atoms with Gasteiger partial charge in [0.25, 0.3) is 5.91 Å². The molecular formula is C15H18ClNO3. The number of amides is 1. The highest BCUT2D eigenvalue weighted by molar-refractivity contribution is 6.34. The Morgan fingerprint density at radius 1 is 1.40 bits per heavy atom. The van der Waals surface area contributed by atoms with Crippen LogP contribution in [0.15, 0.2) is 18.2 Å². The maximum Gasteiger partial charge on any atom is 0.306 e. The Morgan fingerprint density at radius 3 is 2.70 bits per heavy atom. The van der Waals surface area contributed by atoms with E-state index in [1.807, 2.05) is 26.0 Å². The van der Waals surface area contributed by atoms with Gasteiger partial charge in [0, 0.05) is 13.1 Å². The first-order valence-electron chi connectivity index (χ1n) is 6.69. The van der Waals surface area contributed by atoms with Gasteiger partial charge < -0.3 is 10.0 Å². The minimum absolute atomic E-state index is 0.0474. The number of benzene rings is 1. The number of rotatable bonds is 2. The van der Waals surface area contributed by atoms with E-state index in [0.717, 1.165) is 5.56 Å². The molecule has 20 heavy (non-hydrogen) atoms. The average Bonchev–Trinajstić information content (AvgIpc) is 2.40. The molecule has 1 aromatic rings. The maximum absolute atomic E-state index is 12.5. The number of carbonyl (C=O) groups excluding carboxylic acids is 1. The number of carboxylic acids is 1. The number of nitrogens with zero attached hydrogens (tertiary/aromatic N) is 1. The highest BCUT2D eigenvalue weighted by Crippen LogP contribution is 2.27. The van der Waals surface area contributed by atoms with Crippen molar-refractivity contribution in [2.45, 2.75) is 20.3 Å². The van der Waals surface area contributed by atoms with Crippen LogP contribution in [0.3, 0.4) is 0 Å². The van der Waals surface area contributed by atoms with Crippen molar-refractivity contribution in [2.75, 3.05) is 13.1 Å². The fourth-order valence-corrected chi connectivity index (χ4v) is 2.89. The number of carboxylic acid groups (broad SMARTS) is 1. The van der Waals surface area contributed by atoms with E-state index in [2.05, 4.69) is 0 Å². The molecule has 2 atom stereocenters. The quantitative estimate of drug-likeness (QED) is 0.913. The molecule has 1 aromatic carbocycles. The summed E-state index contributed by atoms with van der Waals surface area (Å²) in [6, 6.07) is 5.38. The summed E-state index contributed by atoms with van der Waals surface area (Å²) in [5.74, 6) is -1.31. The van der Waals surface area contributed by atoms with Gasteiger partial charge in [0.2, 0.25) is 0 Å². The summed E-state index contributed by atoms with van der Waals surface area (Å²) in [7, 11) is 0. The zero-order chi connectivity index (χ0) is 14.9. The van der Waals surface area contributed by atoms with Crippen LogP contribution in [-0.4, -0.2) is 35.0 Å². The minimum atomic E-state index is -0.779. The van der Waals surface area contributed by atoms with E-state index in [9.17, 15) is 9.59 Å². The molecular weight excluding hydrogens is 278 g/mol. The Hall–Kier alpha value is -1.55. The van der Waals surface area contributed by atoms with Crippen molar-refractivity contribution >= 4 is 23.5 Å². The smallest absolute Gasteiger partial charge is 0.306 e. The van der Waals surface area contributed by atoms with Gasteiger partial charge >= 0.3 is 5.97 Å². The van der Waals surface area contributed by atoms with Gasteiger partial charge in [0.15, 0.2) is 0 Å². The van der Waals surface area contributed by atoms with Crippen LogP contribution in [0, 0.1) is 18.8 Å². The number of likely N-dealkylation sites (tertiary alicyclic amines) is 1. The summed E-state index contributed by atoms with van der Waals surface area (Å²) in [6.07, 6.45) is 0.492. The molecule has 0 radical (unpaired) electrons. The molecule has 1 aliphatic rings. The molecule has 1 saturated heterocycles. The molecule has 2 rings (SSSR count). The number of hydrogen-bond acceptors (Lipinski definition) is 2. The molecule has 1 N–H and O–H groups in total. The van der Waals surface area contributed by atoms with E-state index in [0.29, 0.717) is 30.1 Å². The van der Waals surface area contributed by atoms with Crippen LogP contribution in [-0.2, 0) is 4.79 Å². The number of halogens is 1. The fourth-order valence-electron chi connectivity index (χ4n) is 2.68. The SMILES string of the molecule is Cc1cccc(C(=O)N2CCC(C(=O)O)C(C)C2)c1Cl. The third-order valence-electron chi connectivity index (χ3n) is 3.93. The lowest BCUT2D eigenvalue weighted by Gasteiger charge is -2.35. The summed E-state index contributed by atoms with van der Waals surface area (Å²) in [5, 5.41) is 9.58. The highest BCUT2D eigenvalue weighted by Gasteiger charge is 2.33. The monoisotopic (exact) mass is 295 g/mol. The number of carbonyl (C=O) groups is 2. The van der Waals surface area contributed by atoms with Crippen molar-refractivity contribution in [1.29, 1.82) is 0 Å². The van der Waals surface area contributed by atoms with Crippen molar-refractivity contribution in [3.8, 4) is 0 Å². The van der Waals surface area contributed by atoms with Crippen LogP contribution < -0.4 is 0 Å². The third kappa shape index (κ3) is 2.80. The van der Waals surface area contributed by atoms with Crippen LogP contribution in [0.25, 0.3) is 0 Å². The highest BCUT2D eigenvalue weighted by atomic mass is 35.5. The molecule has 1 aliphatic heterocycles. The molecule has 0 bridgehead atoms. The van der Waals surface area contributed by atoms with E-state index in [-0.39, 0.29) is 17.7 Å². The van der Waals surface area contributed by atoms with Crippen molar-refractivity contribution in [2.24, 2.45) is 11.8 Å². The molecule has 5 heteroatoms.